The van der Waals surface area contributed by atoms with Crippen molar-refractivity contribution in [3.05, 3.63) is 42.0 Å². The first kappa shape index (κ1) is 25.4. The molecule has 10 heteroatoms. The van der Waals surface area contributed by atoms with Crippen LogP contribution in [0.15, 0.2) is 30.6 Å². The third kappa shape index (κ3) is 6.88. The van der Waals surface area contributed by atoms with Crippen LogP contribution < -0.4 is 15.5 Å². The van der Waals surface area contributed by atoms with Gasteiger partial charge in [0, 0.05) is 38.8 Å². The molecule has 0 unspecified atom stereocenters. The predicted octanol–water partition coefficient (Wildman–Crippen LogP) is 3.64. The van der Waals surface area contributed by atoms with Crippen molar-refractivity contribution in [2.45, 2.75) is 45.1 Å². The second kappa shape index (κ2) is 12.3. The van der Waals surface area contributed by atoms with Crippen molar-refractivity contribution in [1.82, 2.24) is 9.97 Å². The van der Waals surface area contributed by atoms with Gasteiger partial charge in [-0.1, -0.05) is 6.07 Å². The van der Waals surface area contributed by atoms with Crippen LogP contribution >= 0.6 is 0 Å². The van der Waals surface area contributed by atoms with E-state index in [-0.39, 0.29) is 25.0 Å². The van der Waals surface area contributed by atoms with Gasteiger partial charge >= 0.3 is 12.0 Å². The van der Waals surface area contributed by atoms with Gasteiger partial charge in [-0.2, -0.15) is 0 Å². The molecule has 1 aliphatic heterocycles. The van der Waals surface area contributed by atoms with Gasteiger partial charge in [-0.05, 0) is 44.4 Å². The zero-order valence-electron chi connectivity index (χ0n) is 19.9. The number of methoxy groups -OCH3 is 1. The third-order valence-corrected chi connectivity index (χ3v) is 5.85. The molecule has 2 aromatic rings. The minimum absolute atomic E-state index is 0.0724. The summed E-state index contributed by atoms with van der Waals surface area (Å²) >= 11 is 0. The van der Waals surface area contributed by atoms with Crippen molar-refractivity contribution in [2.75, 3.05) is 49.0 Å². The first-order chi connectivity index (χ1) is 16.4. The standard InChI is InChI=1S/C24H33N5O5/c1-4-29(20-7-9-34-10-8-20)22-6-5-17(18(15-33-3)12-23(30)31)11-21(22)28-24(32)27-19-13-25-16(2)26-14-19/h5-6,11,13-14,18,20H,4,7-10,12,15H2,1-3H3,(H,30,31)(H2,27,28,32)/t18-/m1/s1. The van der Waals surface area contributed by atoms with E-state index in [0.717, 1.165) is 30.6 Å². The molecule has 1 saturated heterocycles. The number of anilines is 3. The molecule has 0 bridgehead atoms. The fraction of sp³-hybridized carbons (Fsp3) is 0.500. The number of carbonyl (C=O) groups is 2. The summed E-state index contributed by atoms with van der Waals surface area (Å²) in [5, 5.41) is 15.1. The van der Waals surface area contributed by atoms with Crippen molar-refractivity contribution < 1.29 is 24.2 Å². The summed E-state index contributed by atoms with van der Waals surface area (Å²) in [6.07, 6.45) is 4.81. The highest BCUT2D eigenvalue weighted by Gasteiger charge is 2.25. The molecule has 1 aromatic carbocycles. The van der Waals surface area contributed by atoms with Crippen LogP contribution in [0.3, 0.4) is 0 Å². The van der Waals surface area contributed by atoms with E-state index >= 15 is 0 Å². The Morgan fingerprint density at radius 1 is 1.24 bits per heavy atom. The van der Waals surface area contributed by atoms with Gasteiger partial charge in [0.05, 0.1) is 42.5 Å². The predicted molar refractivity (Wildman–Crippen MR) is 130 cm³/mol. The minimum atomic E-state index is -0.907. The molecule has 2 heterocycles. The Labute approximate surface area is 199 Å². The maximum Gasteiger partial charge on any atom is 0.323 e. The molecule has 3 rings (SSSR count). The molecule has 3 N–H and O–H groups in total. The van der Waals surface area contributed by atoms with Gasteiger partial charge in [-0.15, -0.1) is 0 Å². The molecule has 0 aliphatic carbocycles. The average molecular weight is 472 g/mol. The second-order valence-corrected chi connectivity index (χ2v) is 8.25. The number of amides is 2. The minimum Gasteiger partial charge on any atom is -0.481 e. The van der Waals surface area contributed by atoms with Gasteiger partial charge in [0.2, 0.25) is 0 Å². The van der Waals surface area contributed by atoms with Gasteiger partial charge in [-0.3, -0.25) is 4.79 Å². The Bertz CT molecular complexity index is 963. The zero-order valence-corrected chi connectivity index (χ0v) is 19.9. The highest BCUT2D eigenvalue weighted by Crippen LogP contribution is 2.34. The lowest BCUT2D eigenvalue weighted by Crippen LogP contribution is -2.40. The van der Waals surface area contributed by atoms with Crippen molar-refractivity contribution in [2.24, 2.45) is 0 Å². The van der Waals surface area contributed by atoms with Crippen LogP contribution in [0, 0.1) is 6.92 Å². The Kier molecular flexibility index (Phi) is 9.17. The molecule has 1 aromatic heterocycles. The Morgan fingerprint density at radius 2 is 1.94 bits per heavy atom. The summed E-state index contributed by atoms with van der Waals surface area (Å²) in [6, 6.07) is 5.56. The Balaban J connectivity index is 1.92. The molecule has 0 saturated carbocycles. The van der Waals surface area contributed by atoms with E-state index in [1.165, 1.54) is 0 Å². The number of rotatable bonds is 10. The number of aryl methyl sites for hydroxylation is 1. The average Bonchev–Trinajstić information content (AvgIpc) is 2.82. The maximum absolute atomic E-state index is 12.9. The summed E-state index contributed by atoms with van der Waals surface area (Å²) in [4.78, 5) is 34.7. The number of hydrogen-bond acceptors (Lipinski definition) is 7. The number of carboxylic acids is 1. The van der Waals surface area contributed by atoms with E-state index in [0.29, 0.717) is 30.4 Å². The van der Waals surface area contributed by atoms with E-state index in [1.54, 1.807) is 26.4 Å². The lowest BCUT2D eigenvalue weighted by Gasteiger charge is -2.36. The third-order valence-electron chi connectivity index (χ3n) is 5.85. The van der Waals surface area contributed by atoms with Crippen LogP contribution in [0.1, 0.15) is 43.5 Å². The summed E-state index contributed by atoms with van der Waals surface area (Å²) in [7, 11) is 1.55. The number of aliphatic carboxylic acids is 1. The lowest BCUT2D eigenvalue weighted by molar-refractivity contribution is -0.137. The number of urea groups is 1. The monoisotopic (exact) mass is 471 g/mol. The molecule has 0 radical (unpaired) electrons. The quantitative estimate of drug-likeness (QED) is 0.479. The van der Waals surface area contributed by atoms with Crippen LogP contribution in [0.2, 0.25) is 0 Å². The second-order valence-electron chi connectivity index (χ2n) is 8.25. The van der Waals surface area contributed by atoms with E-state index in [2.05, 4.69) is 32.4 Å². The molecule has 1 fully saturated rings. The number of ether oxygens (including phenoxy) is 2. The Morgan fingerprint density at radius 3 is 2.56 bits per heavy atom. The number of aromatic nitrogens is 2. The molecule has 1 atom stereocenters. The fourth-order valence-corrected chi connectivity index (χ4v) is 4.21. The molecular weight excluding hydrogens is 438 g/mol. The normalized spacial score (nSPS) is 14.9. The number of carbonyl (C=O) groups excluding carboxylic acids is 1. The summed E-state index contributed by atoms with van der Waals surface area (Å²) in [5.41, 5.74) is 2.73. The van der Waals surface area contributed by atoms with Crippen molar-refractivity contribution >= 4 is 29.1 Å². The first-order valence-corrected chi connectivity index (χ1v) is 11.5. The maximum atomic E-state index is 12.9. The van der Waals surface area contributed by atoms with Crippen LogP contribution in [0.25, 0.3) is 0 Å². The number of nitrogens with one attached hydrogen (secondary N) is 2. The number of benzene rings is 1. The van der Waals surface area contributed by atoms with Gasteiger partial charge in [0.1, 0.15) is 5.82 Å². The number of nitrogens with zero attached hydrogens (tertiary/aromatic N) is 3. The van der Waals surface area contributed by atoms with Crippen molar-refractivity contribution in [3.63, 3.8) is 0 Å². The zero-order chi connectivity index (χ0) is 24.5. The molecule has 2 amide bonds. The number of hydrogen-bond donors (Lipinski definition) is 3. The molecule has 0 spiro atoms. The molecule has 34 heavy (non-hydrogen) atoms. The number of carboxylic acid groups (broad SMARTS) is 1. The smallest absolute Gasteiger partial charge is 0.323 e. The van der Waals surface area contributed by atoms with Crippen molar-refractivity contribution in [3.8, 4) is 0 Å². The highest BCUT2D eigenvalue weighted by atomic mass is 16.5. The molecule has 1 aliphatic rings. The van der Waals surface area contributed by atoms with Gasteiger partial charge < -0.3 is 30.1 Å². The fourth-order valence-electron chi connectivity index (χ4n) is 4.21. The SMILES string of the molecule is CCN(c1ccc([C@@H](COC)CC(=O)O)cc1NC(=O)Nc1cnc(C)nc1)C1CCOCC1. The van der Waals surface area contributed by atoms with Crippen LogP contribution in [0.4, 0.5) is 21.9 Å². The Hall–Kier alpha value is -3.24. The molecular formula is C24H33N5O5. The largest absolute Gasteiger partial charge is 0.481 e. The molecule has 10 nitrogen and oxygen atoms in total. The molecule has 184 valence electrons. The lowest BCUT2D eigenvalue weighted by atomic mass is 9.95. The highest BCUT2D eigenvalue weighted by molar-refractivity contribution is 6.01. The van der Waals surface area contributed by atoms with E-state index in [1.807, 2.05) is 18.2 Å². The van der Waals surface area contributed by atoms with Crippen LogP contribution in [-0.2, 0) is 14.3 Å². The van der Waals surface area contributed by atoms with E-state index in [9.17, 15) is 14.7 Å². The van der Waals surface area contributed by atoms with E-state index in [4.69, 9.17) is 9.47 Å². The topological polar surface area (TPSA) is 126 Å². The van der Waals surface area contributed by atoms with Gasteiger partial charge in [-0.25, -0.2) is 14.8 Å². The van der Waals surface area contributed by atoms with Crippen LogP contribution in [0.5, 0.6) is 0 Å². The summed E-state index contributed by atoms with van der Waals surface area (Å²) in [6.45, 7) is 6.26. The summed E-state index contributed by atoms with van der Waals surface area (Å²) < 4.78 is 10.8. The van der Waals surface area contributed by atoms with Crippen molar-refractivity contribution in [1.29, 1.82) is 0 Å². The van der Waals surface area contributed by atoms with Gasteiger partial charge in [0.25, 0.3) is 0 Å². The van der Waals surface area contributed by atoms with Gasteiger partial charge in [0.15, 0.2) is 0 Å². The van der Waals surface area contributed by atoms with Crippen LogP contribution in [-0.4, -0.2) is 66.6 Å². The first-order valence-electron chi connectivity index (χ1n) is 11.5. The van der Waals surface area contributed by atoms with E-state index < -0.39 is 12.0 Å². The summed E-state index contributed by atoms with van der Waals surface area (Å²) in [5.74, 6) is -0.641.